The minimum atomic E-state index is 0.299. The molecule has 0 aliphatic heterocycles. The summed E-state index contributed by atoms with van der Waals surface area (Å²) in [7, 11) is 1.69. The van der Waals surface area contributed by atoms with Crippen LogP contribution < -0.4 is 4.74 Å². The Balaban J connectivity index is 1.98. The zero-order valence-electron chi connectivity index (χ0n) is 17.6. The first kappa shape index (κ1) is 20.2. The van der Waals surface area contributed by atoms with Crippen molar-refractivity contribution in [3.63, 3.8) is 0 Å². The Hall–Kier alpha value is -3.12. The second-order valence-corrected chi connectivity index (χ2v) is 7.95. The van der Waals surface area contributed by atoms with Crippen LogP contribution in [0, 0.1) is 4.77 Å². The number of hydrogen-bond donors (Lipinski definition) is 1. The molecule has 5 nitrogen and oxygen atoms in total. The van der Waals surface area contributed by atoms with Gasteiger partial charge in [0, 0.05) is 34.9 Å². The number of carbonyl (C=O) groups is 1. The fourth-order valence-electron chi connectivity index (χ4n) is 4.03. The highest BCUT2D eigenvalue weighted by Crippen LogP contribution is 2.36. The highest BCUT2D eigenvalue weighted by atomic mass is 32.1. The second-order valence-electron chi connectivity index (χ2n) is 7.57. The molecule has 0 spiro atoms. The van der Waals surface area contributed by atoms with Gasteiger partial charge in [0.15, 0.2) is 4.77 Å². The monoisotopic (exact) mass is 419 g/mol. The minimum absolute atomic E-state index is 0.299. The lowest BCUT2D eigenvalue weighted by atomic mass is 10.0. The van der Waals surface area contributed by atoms with Crippen molar-refractivity contribution >= 4 is 29.4 Å². The van der Waals surface area contributed by atoms with Crippen LogP contribution in [-0.2, 0) is 6.42 Å². The summed E-state index contributed by atoms with van der Waals surface area (Å²) in [5, 5.41) is 1.07. The van der Waals surface area contributed by atoms with Gasteiger partial charge in [0.1, 0.15) is 12.0 Å². The largest absolute Gasteiger partial charge is 0.495 e. The maximum Gasteiger partial charge on any atom is 0.182 e. The van der Waals surface area contributed by atoms with E-state index in [0.29, 0.717) is 10.8 Å². The normalized spacial score (nSPS) is 11.4. The molecular weight excluding hydrogens is 394 g/mol. The number of H-pyrrole nitrogens is 1. The molecule has 0 atom stereocenters. The van der Waals surface area contributed by atoms with Crippen LogP contribution in [0.2, 0.25) is 0 Å². The van der Waals surface area contributed by atoms with Gasteiger partial charge in [0.05, 0.1) is 24.0 Å². The van der Waals surface area contributed by atoms with Crippen LogP contribution in [0.4, 0.5) is 0 Å². The summed E-state index contributed by atoms with van der Waals surface area (Å²) in [5.74, 6) is 0.833. The van der Waals surface area contributed by atoms with Crippen LogP contribution in [0.3, 0.4) is 0 Å². The van der Waals surface area contributed by atoms with E-state index in [1.807, 2.05) is 30.5 Å². The summed E-state index contributed by atoms with van der Waals surface area (Å²) in [6.07, 6.45) is 5.71. The maximum absolute atomic E-state index is 11.3. The smallest absolute Gasteiger partial charge is 0.182 e. The number of methoxy groups -OCH3 is 1. The first-order chi connectivity index (χ1) is 14.5. The van der Waals surface area contributed by atoms with Crippen LogP contribution in [0.15, 0.2) is 48.8 Å². The van der Waals surface area contributed by atoms with Gasteiger partial charge in [-0.15, -0.1) is 0 Å². The fraction of sp³-hybridized carbons (Fsp3) is 0.250. The van der Waals surface area contributed by atoms with E-state index in [0.717, 1.165) is 57.4 Å². The molecule has 4 aromatic rings. The number of imidazole rings is 1. The number of fused-ring (bicyclic) bond motifs is 1. The molecule has 0 saturated heterocycles. The molecule has 0 fully saturated rings. The Morgan fingerprint density at radius 2 is 2.00 bits per heavy atom. The van der Waals surface area contributed by atoms with E-state index >= 15 is 0 Å². The lowest BCUT2D eigenvalue weighted by Crippen LogP contribution is -2.03. The van der Waals surface area contributed by atoms with E-state index in [2.05, 4.69) is 53.2 Å². The third kappa shape index (κ3) is 3.17. The highest BCUT2D eigenvalue weighted by molar-refractivity contribution is 7.71. The van der Waals surface area contributed by atoms with Gasteiger partial charge < -0.3 is 14.3 Å². The summed E-state index contributed by atoms with van der Waals surface area (Å²) in [5.41, 5.74) is 5.75. The number of carbonyl (C=O) groups excluding carboxylic acids is 1. The van der Waals surface area contributed by atoms with Gasteiger partial charge in [-0.3, -0.25) is 9.36 Å². The predicted molar refractivity (Wildman–Crippen MR) is 124 cm³/mol. The topological polar surface area (TPSA) is 51.9 Å². The lowest BCUT2D eigenvalue weighted by molar-refractivity contribution is 0.112. The summed E-state index contributed by atoms with van der Waals surface area (Å²) >= 11 is 5.66. The number of ether oxygens (including phenoxy) is 1. The summed E-state index contributed by atoms with van der Waals surface area (Å²) in [4.78, 5) is 14.5. The third-order valence-electron chi connectivity index (χ3n) is 5.56. The number of rotatable bonds is 6. The standard InChI is InChI=1S/C24H25N3O2S/c1-5-16-12-17(6-7-18(16)14-28)21-13-25-24(30)27(21)20-8-9-22(29-4)23-19(20)10-11-26(23)15(2)3/h6-15H,5H2,1-4H3,(H,25,30). The average Bonchev–Trinajstić information content (AvgIpc) is 3.37. The lowest BCUT2D eigenvalue weighted by Gasteiger charge is -2.16. The number of hydrogen-bond acceptors (Lipinski definition) is 3. The van der Waals surface area contributed by atoms with E-state index in [1.165, 1.54) is 0 Å². The van der Waals surface area contributed by atoms with E-state index in [1.54, 1.807) is 7.11 Å². The van der Waals surface area contributed by atoms with Gasteiger partial charge >= 0.3 is 0 Å². The van der Waals surface area contributed by atoms with Crippen molar-refractivity contribution < 1.29 is 9.53 Å². The molecule has 2 aromatic heterocycles. The van der Waals surface area contributed by atoms with Gasteiger partial charge in [-0.2, -0.15) is 0 Å². The second kappa shape index (κ2) is 7.95. The molecule has 2 aromatic carbocycles. The number of aldehydes is 1. The van der Waals surface area contributed by atoms with Gasteiger partial charge in [-0.05, 0) is 62.3 Å². The number of benzene rings is 2. The number of aromatic nitrogens is 3. The molecule has 30 heavy (non-hydrogen) atoms. The number of nitrogens with zero attached hydrogens (tertiary/aromatic N) is 2. The first-order valence-corrected chi connectivity index (χ1v) is 10.5. The van der Waals surface area contributed by atoms with Gasteiger partial charge in [0.2, 0.25) is 0 Å². The van der Waals surface area contributed by atoms with Crippen molar-refractivity contribution in [1.82, 2.24) is 14.1 Å². The third-order valence-corrected chi connectivity index (χ3v) is 5.86. The van der Waals surface area contributed by atoms with E-state index in [4.69, 9.17) is 17.0 Å². The van der Waals surface area contributed by atoms with Crippen LogP contribution in [0.1, 0.15) is 42.7 Å². The molecule has 0 aliphatic rings. The summed E-state index contributed by atoms with van der Waals surface area (Å²) < 4.78 is 10.5. The van der Waals surface area contributed by atoms with E-state index in [9.17, 15) is 4.79 Å². The molecule has 4 rings (SSSR count). The molecule has 1 N–H and O–H groups in total. The van der Waals surface area contributed by atoms with Crippen molar-refractivity contribution in [2.75, 3.05) is 7.11 Å². The molecule has 154 valence electrons. The number of aryl methyl sites for hydroxylation is 1. The Morgan fingerprint density at radius 1 is 1.20 bits per heavy atom. The Kier molecular flexibility index (Phi) is 5.35. The Bertz CT molecular complexity index is 1290. The molecule has 0 unspecified atom stereocenters. The van der Waals surface area contributed by atoms with Crippen molar-refractivity contribution in [3.05, 3.63) is 64.7 Å². The van der Waals surface area contributed by atoms with E-state index < -0.39 is 0 Å². The van der Waals surface area contributed by atoms with Crippen LogP contribution in [0.5, 0.6) is 5.75 Å². The van der Waals surface area contributed by atoms with Gasteiger partial charge in [0.25, 0.3) is 0 Å². The molecule has 0 amide bonds. The Labute approximate surface area is 180 Å². The van der Waals surface area contributed by atoms with Gasteiger partial charge in [-0.1, -0.05) is 19.1 Å². The minimum Gasteiger partial charge on any atom is -0.495 e. The fourth-order valence-corrected chi connectivity index (χ4v) is 4.29. The van der Waals surface area contributed by atoms with Crippen molar-refractivity contribution in [2.45, 2.75) is 33.2 Å². The van der Waals surface area contributed by atoms with Crippen molar-refractivity contribution in [1.29, 1.82) is 0 Å². The van der Waals surface area contributed by atoms with Crippen LogP contribution in [-0.4, -0.2) is 27.5 Å². The van der Waals surface area contributed by atoms with Gasteiger partial charge in [-0.25, -0.2) is 0 Å². The SMILES string of the molecule is CCc1cc(-c2c[nH]c(=S)n2-c2ccc(OC)c3c2ccn3C(C)C)ccc1C=O. The summed E-state index contributed by atoms with van der Waals surface area (Å²) in [6, 6.07) is 12.4. The van der Waals surface area contributed by atoms with Crippen molar-refractivity contribution in [3.8, 4) is 22.7 Å². The molecule has 6 heteroatoms. The quantitative estimate of drug-likeness (QED) is 0.302. The van der Waals surface area contributed by atoms with Crippen LogP contribution >= 0.6 is 12.2 Å². The molecule has 0 radical (unpaired) electrons. The number of nitrogens with one attached hydrogen (secondary N) is 1. The molecule has 0 bridgehead atoms. The Morgan fingerprint density at radius 3 is 2.67 bits per heavy atom. The zero-order chi connectivity index (χ0) is 21.4. The van der Waals surface area contributed by atoms with Crippen LogP contribution in [0.25, 0.3) is 27.8 Å². The molecule has 0 aliphatic carbocycles. The first-order valence-electron chi connectivity index (χ1n) is 10.1. The summed E-state index contributed by atoms with van der Waals surface area (Å²) in [6.45, 7) is 6.36. The number of aromatic amines is 1. The maximum atomic E-state index is 11.3. The highest BCUT2D eigenvalue weighted by Gasteiger charge is 2.17. The van der Waals surface area contributed by atoms with Crippen molar-refractivity contribution in [2.24, 2.45) is 0 Å². The average molecular weight is 420 g/mol. The molecule has 0 saturated carbocycles. The van der Waals surface area contributed by atoms with E-state index in [-0.39, 0.29) is 0 Å². The zero-order valence-corrected chi connectivity index (χ0v) is 18.4. The molecular formula is C24H25N3O2S. The predicted octanol–water partition coefficient (Wildman–Crippen LogP) is 6.12. The molecule has 2 heterocycles.